The molecule has 8 nitrogen and oxygen atoms in total. The highest BCUT2D eigenvalue weighted by Gasteiger charge is 2.29. The van der Waals surface area contributed by atoms with Crippen LogP contribution in [-0.2, 0) is 4.74 Å². The summed E-state index contributed by atoms with van der Waals surface area (Å²) in [6.07, 6.45) is 3.40. The van der Waals surface area contributed by atoms with Gasteiger partial charge in [0.15, 0.2) is 5.82 Å². The summed E-state index contributed by atoms with van der Waals surface area (Å²) in [7, 11) is 1.33. The highest BCUT2D eigenvalue weighted by molar-refractivity contribution is 5.96. The van der Waals surface area contributed by atoms with E-state index < -0.39 is 5.97 Å². The summed E-state index contributed by atoms with van der Waals surface area (Å²) < 4.78 is 10.0. The summed E-state index contributed by atoms with van der Waals surface area (Å²) >= 11 is 0. The number of benzene rings is 1. The molecule has 3 heterocycles. The van der Waals surface area contributed by atoms with Crippen molar-refractivity contribution in [3.05, 3.63) is 65.6 Å². The smallest absolute Gasteiger partial charge is 0.337 e. The topological polar surface area (TPSA) is 98.4 Å². The van der Waals surface area contributed by atoms with Crippen LogP contribution in [-0.4, -0.2) is 52.1 Å². The van der Waals surface area contributed by atoms with Crippen molar-refractivity contribution < 1.29 is 18.8 Å². The van der Waals surface area contributed by atoms with E-state index in [1.165, 1.54) is 7.11 Å². The minimum absolute atomic E-state index is 0.00301. The lowest BCUT2D eigenvalue weighted by atomic mass is 9.96. The summed E-state index contributed by atoms with van der Waals surface area (Å²) in [5.74, 6) is 0.456. The maximum Gasteiger partial charge on any atom is 0.337 e. The number of hydrogen-bond donors (Lipinski definition) is 0. The lowest BCUT2D eigenvalue weighted by Gasteiger charge is -2.31. The quantitative estimate of drug-likeness (QED) is 0.630. The molecule has 1 atom stereocenters. The van der Waals surface area contributed by atoms with Crippen molar-refractivity contribution in [2.75, 3.05) is 20.2 Å². The lowest BCUT2D eigenvalue weighted by Crippen LogP contribution is -2.39. The Balaban J connectivity index is 1.46. The predicted molar refractivity (Wildman–Crippen MR) is 103 cm³/mol. The number of rotatable bonds is 4. The summed E-state index contributed by atoms with van der Waals surface area (Å²) in [5.41, 5.74) is 1.57. The number of carbonyl (C=O) groups is 2. The molecule has 1 aliphatic rings. The van der Waals surface area contributed by atoms with Gasteiger partial charge < -0.3 is 14.2 Å². The van der Waals surface area contributed by atoms with Crippen LogP contribution in [0.2, 0.25) is 0 Å². The van der Waals surface area contributed by atoms with Crippen molar-refractivity contribution in [2.45, 2.75) is 18.8 Å². The third kappa shape index (κ3) is 4.01. The normalized spacial score (nSPS) is 16.4. The first-order valence-electron chi connectivity index (χ1n) is 9.38. The van der Waals surface area contributed by atoms with Gasteiger partial charge in [-0.05, 0) is 49.2 Å². The number of pyridine rings is 1. The number of esters is 1. The van der Waals surface area contributed by atoms with Crippen LogP contribution in [0.25, 0.3) is 11.6 Å². The molecular weight excluding hydrogens is 372 g/mol. The molecule has 3 aromatic rings. The largest absolute Gasteiger partial charge is 0.465 e. The van der Waals surface area contributed by atoms with Gasteiger partial charge in [-0.25, -0.2) is 4.79 Å². The monoisotopic (exact) mass is 392 g/mol. The standard InChI is InChI=1S/C21H20N4O4/c1-28-21(27)15-9-7-14(8-10-15)20(26)25-12-4-5-16(13-25)18-23-19(29-24-18)17-6-2-3-11-22-17/h2-3,6-11,16H,4-5,12-13H2,1H3. The van der Waals surface area contributed by atoms with Crippen molar-refractivity contribution in [3.8, 4) is 11.6 Å². The molecule has 1 amide bonds. The Morgan fingerprint density at radius 1 is 1.14 bits per heavy atom. The Morgan fingerprint density at radius 3 is 2.66 bits per heavy atom. The predicted octanol–water partition coefficient (Wildman–Crippen LogP) is 2.94. The molecule has 1 unspecified atom stereocenters. The van der Waals surface area contributed by atoms with Gasteiger partial charge in [0.25, 0.3) is 11.8 Å². The number of likely N-dealkylation sites (tertiary alicyclic amines) is 1. The van der Waals surface area contributed by atoms with E-state index in [1.807, 2.05) is 18.2 Å². The van der Waals surface area contributed by atoms with Crippen LogP contribution < -0.4 is 0 Å². The van der Waals surface area contributed by atoms with E-state index in [0.717, 1.165) is 12.8 Å². The first kappa shape index (κ1) is 18.8. The Kier molecular flexibility index (Phi) is 5.33. The fourth-order valence-electron chi connectivity index (χ4n) is 3.42. The minimum Gasteiger partial charge on any atom is -0.465 e. The van der Waals surface area contributed by atoms with Crippen LogP contribution >= 0.6 is 0 Å². The van der Waals surface area contributed by atoms with E-state index in [1.54, 1.807) is 35.4 Å². The van der Waals surface area contributed by atoms with Crippen LogP contribution in [0, 0.1) is 0 Å². The van der Waals surface area contributed by atoms with Gasteiger partial charge in [-0.1, -0.05) is 11.2 Å². The van der Waals surface area contributed by atoms with Crippen molar-refractivity contribution in [3.63, 3.8) is 0 Å². The molecule has 4 rings (SSSR count). The molecule has 8 heteroatoms. The van der Waals surface area contributed by atoms with Crippen LogP contribution in [0.5, 0.6) is 0 Å². The molecule has 0 spiro atoms. The molecule has 0 saturated carbocycles. The number of piperidine rings is 1. The molecule has 0 bridgehead atoms. The number of carbonyl (C=O) groups excluding carboxylic acids is 2. The van der Waals surface area contributed by atoms with Gasteiger partial charge in [-0.15, -0.1) is 0 Å². The summed E-state index contributed by atoms with van der Waals surface area (Å²) in [6.45, 7) is 1.18. The van der Waals surface area contributed by atoms with Crippen molar-refractivity contribution in [2.24, 2.45) is 0 Å². The molecule has 29 heavy (non-hydrogen) atoms. The zero-order valence-corrected chi connectivity index (χ0v) is 15.9. The van der Waals surface area contributed by atoms with E-state index in [0.29, 0.717) is 41.6 Å². The van der Waals surface area contributed by atoms with Gasteiger partial charge in [0.2, 0.25) is 0 Å². The van der Waals surface area contributed by atoms with E-state index >= 15 is 0 Å². The van der Waals surface area contributed by atoms with Gasteiger partial charge >= 0.3 is 5.97 Å². The molecular formula is C21H20N4O4. The Morgan fingerprint density at radius 2 is 1.93 bits per heavy atom. The van der Waals surface area contributed by atoms with Gasteiger partial charge in [-0.2, -0.15) is 4.98 Å². The highest BCUT2D eigenvalue weighted by Crippen LogP contribution is 2.27. The number of hydrogen-bond acceptors (Lipinski definition) is 7. The molecule has 148 valence electrons. The van der Waals surface area contributed by atoms with Crippen molar-refractivity contribution >= 4 is 11.9 Å². The molecule has 1 aromatic carbocycles. The third-order valence-corrected chi connectivity index (χ3v) is 4.95. The number of nitrogens with zero attached hydrogens (tertiary/aromatic N) is 4. The molecule has 0 radical (unpaired) electrons. The molecule has 0 N–H and O–H groups in total. The first-order valence-corrected chi connectivity index (χ1v) is 9.38. The average molecular weight is 392 g/mol. The number of amides is 1. The van der Waals surface area contributed by atoms with Crippen LogP contribution in [0.4, 0.5) is 0 Å². The summed E-state index contributed by atoms with van der Waals surface area (Å²) in [5, 5.41) is 4.11. The Labute approximate surface area is 167 Å². The fourth-order valence-corrected chi connectivity index (χ4v) is 3.42. The van der Waals surface area contributed by atoms with Gasteiger partial charge in [-0.3, -0.25) is 9.78 Å². The summed E-state index contributed by atoms with van der Waals surface area (Å²) in [4.78, 5) is 34.9. The molecule has 1 fully saturated rings. The van der Waals surface area contributed by atoms with E-state index in [4.69, 9.17) is 4.52 Å². The number of ether oxygens (including phenoxy) is 1. The summed E-state index contributed by atoms with van der Waals surface area (Å²) in [6, 6.07) is 12.0. The Hall–Kier alpha value is -3.55. The van der Waals surface area contributed by atoms with Gasteiger partial charge in [0.05, 0.1) is 12.7 Å². The second kappa shape index (κ2) is 8.22. The third-order valence-electron chi connectivity index (χ3n) is 4.95. The fraction of sp³-hybridized carbons (Fsp3) is 0.286. The van der Waals surface area contributed by atoms with Gasteiger partial charge in [0.1, 0.15) is 5.69 Å². The second-order valence-corrected chi connectivity index (χ2v) is 6.83. The molecule has 2 aromatic heterocycles. The van der Waals surface area contributed by atoms with Crippen molar-refractivity contribution in [1.82, 2.24) is 20.0 Å². The zero-order chi connectivity index (χ0) is 20.2. The second-order valence-electron chi connectivity index (χ2n) is 6.83. The van der Waals surface area contributed by atoms with Gasteiger partial charge in [0, 0.05) is 30.8 Å². The van der Waals surface area contributed by atoms with Crippen molar-refractivity contribution in [1.29, 1.82) is 0 Å². The maximum atomic E-state index is 12.9. The molecule has 0 aliphatic carbocycles. The SMILES string of the molecule is COC(=O)c1ccc(C(=O)N2CCCC(c3noc(-c4ccccn4)n3)C2)cc1. The molecule has 1 aliphatic heterocycles. The number of methoxy groups -OCH3 is 1. The van der Waals surface area contributed by atoms with E-state index in [-0.39, 0.29) is 11.8 Å². The van der Waals surface area contributed by atoms with Crippen LogP contribution in [0.3, 0.4) is 0 Å². The Bertz CT molecular complexity index is 1000. The molecule has 1 saturated heterocycles. The van der Waals surface area contributed by atoms with E-state index in [9.17, 15) is 9.59 Å². The number of aromatic nitrogens is 3. The maximum absolute atomic E-state index is 12.9. The van der Waals surface area contributed by atoms with Crippen LogP contribution in [0.1, 0.15) is 45.3 Å². The highest BCUT2D eigenvalue weighted by atomic mass is 16.5. The first-order chi connectivity index (χ1) is 14.2. The minimum atomic E-state index is -0.428. The van der Waals surface area contributed by atoms with E-state index in [2.05, 4.69) is 19.9 Å². The zero-order valence-electron chi connectivity index (χ0n) is 15.9. The van der Waals surface area contributed by atoms with Crippen LogP contribution in [0.15, 0.2) is 53.2 Å². The average Bonchev–Trinajstić information content (AvgIpc) is 3.29. The lowest BCUT2D eigenvalue weighted by molar-refractivity contribution is 0.0599.